The predicted molar refractivity (Wildman–Crippen MR) is 119 cm³/mol. The second-order valence-electron chi connectivity index (χ2n) is 7.98. The molecule has 0 fully saturated rings. The highest BCUT2D eigenvalue weighted by Gasteiger charge is 2.25. The lowest BCUT2D eigenvalue weighted by Crippen LogP contribution is -2.47. The van der Waals surface area contributed by atoms with Gasteiger partial charge in [-0.15, -0.1) is 0 Å². The molecule has 156 valence electrons. The molecule has 29 heavy (non-hydrogen) atoms. The minimum Gasteiger partial charge on any atom is -0.355 e. The number of hydrogen-bond donors (Lipinski definition) is 1. The van der Waals surface area contributed by atoms with Crippen molar-refractivity contribution in [3.05, 3.63) is 70.8 Å². The van der Waals surface area contributed by atoms with Crippen molar-refractivity contribution in [3.63, 3.8) is 0 Å². The van der Waals surface area contributed by atoms with E-state index in [4.69, 9.17) is 0 Å². The fraction of sp³-hybridized carbons (Fsp3) is 0.440. The summed E-state index contributed by atoms with van der Waals surface area (Å²) in [4.78, 5) is 27.2. The van der Waals surface area contributed by atoms with Gasteiger partial charge in [0.25, 0.3) is 0 Å². The van der Waals surface area contributed by atoms with E-state index < -0.39 is 6.04 Å². The largest absolute Gasteiger partial charge is 0.355 e. The monoisotopic (exact) mass is 394 g/mol. The second-order valence-corrected chi connectivity index (χ2v) is 7.98. The first-order valence-corrected chi connectivity index (χ1v) is 10.5. The van der Waals surface area contributed by atoms with Gasteiger partial charge in [0.05, 0.1) is 0 Å². The van der Waals surface area contributed by atoms with Gasteiger partial charge < -0.3 is 10.2 Å². The van der Waals surface area contributed by atoms with Crippen molar-refractivity contribution >= 4 is 11.8 Å². The lowest BCUT2D eigenvalue weighted by molar-refractivity contribution is -0.140. The van der Waals surface area contributed by atoms with E-state index in [1.54, 1.807) is 11.8 Å². The SMILES string of the molecule is CCNC(=O)[C@@H](C)N(Cc1cccc(C)c1)C(=O)CCc1ccc(C(C)C)cc1. The van der Waals surface area contributed by atoms with Gasteiger partial charge in [0.2, 0.25) is 11.8 Å². The van der Waals surface area contributed by atoms with Gasteiger partial charge in [-0.25, -0.2) is 0 Å². The van der Waals surface area contributed by atoms with E-state index in [1.165, 1.54) is 5.56 Å². The van der Waals surface area contributed by atoms with Crippen LogP contribution in [0.5, 0.6) is 0 Å². The van der Waals surface area contributed by atoms with E-state index in [9.17, 15) is 9.59 Å². The Hall–Kier alpha value is -2.62. The van der Waals surface area contributed by atoms with Crippen molar-refractivity contribution < 1.29 is 9.59 Å². The number of likely N-dealkylation sites (N-methyl/N-ethyl adjacent to an activating group) is 1. The molecule has 0 aliphatic heterocycles. The van der Waals surface area contributed by atoms with Gasteiger partial charge in [-0.05, 0) is 49.8 Å². The minimum absolute atomic E-state index is 0.00167. The van der Waals surface area contributed by atoms with Crippen molar-refractivity contribution in [2.24, 2.45) is 0 Å². The Bertz CT molecular complexity index is 812. The molecule has 0 bridgehead atoms. The second kappa shape index (κ2) is 10.8. The van der Waals surface area contributed by atoms with Gasteiger partial charge in [0.1, 0.15) is 6.04 Å². The number of carbonyl (C=O) groups excluding carboxylic acids is 2. The van der Waals surface area contributed by atoms with E-state index in [0.717, 1.165) is 16.7 Å². The summed E-state index contributed by atoms with van der Waals surface area (Å²) in [5, 5.41) is 2.84. The number of hydrogen-bond acceptors (Lipinski definition) is 2. The number of amides is 2. The van der Waals surface area contributed by atoms with E-state index >= 15 is 0 Å². The molecule has 4 nitrogen and oxygen atoms in total. The zero-order valence-corrected chi connectivity index (χ0v) is 18.4. The molecule has 2 aromatic carbocycles. The van der Waals surface area contributed by atoms with E-state index in [-0.39, 0.29) is 11.8 Å². The predicted octanol–water partition coefficient (Wildman–Crippen LogP) is 4.60. The van der Waals surface area contributed by atoms with Crippen LogP contribution in [0.2, 0.25) is 0 Å². The summed E-state index contributed by atoms with van der Waals surface area (Å²) in [6.45, 7) is 11.1. The molecular weight excluding hydrogens is 360 g/mol. The summed E-state index contributed by atoms with van der Waals surface area (Å²) in [5.74, 6) is 0.376. The van der Waals surface area contributed by atoms with Crippen molar-refractivity contribution in [2.75, 3.05) is 6.54 Å². The molecule has 2 amide bonds. The molecule has 1 atom stereocenters. The third-order valence-electron chi connectivity index (χ3n) is 5.23. The number of nitrogens with one attached hydrogen (secondary N) is 1. The van der Waals surface area contributed by atoms with Crippen LogP contribution in [0, 0.1) is 6.92 Å². The first kappa shape index (κ1) is 22.7. The fourth-order valence-electron chi connectivity index (χ4n) is 3.38. The number of rotatable bonds is 9. The van der Waals surface area contributed by atoms with Gasteiger partial charge in [-0.2, -0.15) is 0 Å². The molecule has 0 unspecified atom stereocenters. The Morgan fingerprint density at radius 3 is 2.28 bits per heavy atom. The lowest BCUT2D eigenvalue weighted by atomic mass is 10.00. The van der Waals surface area contributed by atoms with Crippen molar-refractivity contribution in [2.45, 2.75) is 66.0 Å². The molecule has 0 heterocycles. The summed E-state index contributed by atoms with van der Waals surface area (Å²) in [6.07, 6.45) is 1.06. The van der Waals surface area contributed by atoms with Crippen LogP contribution in [-0.2, 0) is 22.6 Å². The highest BCUT2D eigenvalue weighted by Crippen LogP contribution is 2.17. The Kier molecular flexibility index (Phi) is 8.44. The number of carbonyl (C=O) groups is 2. The maximum Gasteiger partial charge on any atom is 0.242 e. The first-order valence-electron chi connectivity index (χ1n) is 10.5. The standard InChI is InChI=1S/C25H34N2O2/c1-6-26-25(29)20(5)27(17-22-9-7-8-19(4)16-22)24(28)15-12-21-10-13-23(14-11-21)18(2)3/h7-11,13-14,16,18,20H,6,12,15,17H2,1-5H3,(H,26,29)/t20-/m1/s1. The van der Waals surface area contributed by atoms with Crippen molar-refractivity contribution in [1.82, 2.24) is 10.2 Å². The van der Waals surface area contributed by atoms with Crippen LogP contribution in [0.4, 0.5) is 0 Å². The van der Waals surface area contributed by atoms with E-state index in [2.05, 4.69) is 49.5 Å². The minimum atomic E-state index is -0.508. The lowest BCUT2D eigenvalue weighted by Gasteiger charge is -2.29. The highest BCUT2D eigenvalue weighted by molar-refractivity contribution is 5.87. The highest BCUT2D eigenvalue weighted by atomic mass is 16.2. The smallest absolute Gasteiger partial charge is 0.242 e. The Morgan fingerprint density at radius 2 is 1.69 bits per heavy atom. The summed E-state index contributed by atoms with van der Waals surface area (Å²) in [7, 11) is 0. The molecule has 0 radical (unpaired) electrons. The average Bonchev–Trinajstić information content (AvgIpc) is 2.70. The van der Waals surface area contributed by atoms with E-state index in [1.807, 2.05) is 32.0 Å². The Balaban J connectivity index is 2.11. The summed E-state index contributed by atoms with van der Waals surface area (Å²) in [6, 6.07) is 16.0. The van der Waals surface area contributed by atoms with Crippen LogP contribution in [0.25, 0.3) is 0 Å². The maximum atomic E-state index is 13.1. The summed E-state index contributed by atoms with van der Waals surface area (Å²) < 4.78 is 0. The molecule has 0 saturated carbocycles. The van der Waals surface area contributed by atoms with Crippen LogP contribution in [0.1, 0.15) is 62.3 Å². The Morgan fingerprint density at radius 1 is 1.00 bits per heavy atom. The van der Waals surface area contributed by atoms with Crippen LogP contribution < -0.4 is 5.32 Å². The average molecular weight is 395 g/mol. The van der Waals surface area contributed by atoms with Gasteiger partial charge >= 0.3 is 0 Å². The van der Waals surface area contributed by atoms with Crippen molar-refractivity contribution in [1.29, 1.82) is 0 Å². The molecule has 1 N–H and O–H groups in total. The molecule has 0 aliphatic carbocycles. The van der Waals surface area contributed by atoms with Crippen LogP contribution in [0.15, 0.2) is 48.5 Å². The van der Waals surface area contributed by atoms with Crippen LogP contribution in [-0.4, -0.2) is 29.3 Å². The topological polar surface area (TPSA) is 49.4 Å². The summed E-state index contributed by atoms with van der Waals surface area (Å²) in [5.41, 5.74) is 4.62. The normalized spacial score (nSPS) is 11.9. The maximum absolute atomic E-state index is 13.1. The number of benzene rings is 2. The quantitative estimate of drug-likeness (QED) is 0.675. The molecule has 4 heteroatoms. The van der Waals surface area contributed by atoms with Crippen LogP contribution >= 0.6 is 0 Å². The third kappa shape index (κ3) is 6.74. The Labute approximate surface area is 175 Å². The molecule has 2 rings (SSSR count). The molecule has 0 saturated heterocycles. The van der Waals surface area contributed by atoms with Crippen LogP contribution in [0.3, 0.4) is 0 Å². The summed E-state index contributed by atoms with van der Waals surface area (Å²) >= 11 is 0. The zero-order chi connectivity index (χ0) is 21.4. The molecular formula is C25H34N2O2. The van der Waals surface area contributed by atoms with Gasteiger partial charge in [0, 0.05) is 19.5 Å². The number of nitrogens with zero attached hydrogens (tertiary/aromatic N) is 1. The molecule has 0 aromatic heterocycles. The third-order valence-corrected chi connectivity index (χ3v) is 5.23. The molecule has 2 aromatic rings. The molecule has 0 spiro atoms. The van der Waals surface area contributed by atoms with Gasteiger partial charge in [0.15, 0.2) is 0 Å². The van der Waals surface area contributed by atoms with E-state index in [0.29, 0.717) is 31.8 Å². The van der Waals surface area contributed by atoms with Gasteiger partial charge in [-0.3, -0.25) is 9.59 Å². The van der Waals surface area contributed by atoms with Crippen molar-refractivity contribution in [3.8, 4) is 0 Å². The first-order chi connectivity index (χ1) is 13.8. The van der Waals surface area contributed by atoms with Gasteiger partial charge in [-0.1, -0.05) is 67.9 Å². The number of aryl methyl sites for hydroxylation is 2. The fourth-order valence-corrected chi connectivity index (χ4v) is 3.38. The molecule has 0 aliphatic rings. The zero-order valence-electron chi connectivity index (χ0n) is 18.4.